The average Bonchev–Trinajstić information content (AvgIpc) is 2.43. The molecule has 1 heterocycles. The highest BCUT2D eigenvalue weighted by molar-refractivity contribution is 5.29. The van der Waals surface area contributed by atoms with Crippen LogP contribution in [0.2, 0.25) is 0 Å². The summed E-state index contributed by atoms with van der Waals surface area (Å²) in [6, 6.07) is 2.45. The number of methoxy groups -OCH3 is 1. The van der Waals surface area contributed by atoms with Crippen LogP contribution in [0.4, 0.5) is 17.6 Å². The van der Waals surface area contributed by atoms with Gasteiger partial charge in [0.2, 0.25) is 0 Å². The summed E-state index contributed by atoms with van der Waals surface area (Å²) in [5.41, 5.74) is 2.64. The van der Waals surface area contributed by atoms with E-state index < -0.39 is 25.0 Å². The maximum Gasteiger partial charge on any atom is 0.330 e. The van der Waals surface area contributed by atoms with E-state index in [0.717, 1.165) is 0 Å². The molecule has 1 atom stereocenters. The maximum atomic E-state index is 12.7. The number of nitrogens with one attached hydrogen (secondary N) is 1. The van der Waals surface area contributed by atoms with Crippen molar-refractivity contribution in [3.63, 3.8) is 0 Å². The third-order valence-corrected chi connectivity index (χ3v) is 2.45. The van der Waals surface area contributed by atoms with Crippen LogP contribution in [0.1, 0.15) is 11.7 Å². The summed E-state index contributed by atoms with van der Waals surface area (Å²) in [4.78, 5) is 3.99. The number of hydrazine groups is 1. The van der Waals surface area contributed by atoms with Gasteiger partial charge in [-0.1, -0.05) is 0 Å². The monoisotopic (exact) mass is 297 g/mol. The Bertz CT molecular complexity index is 420. The highest BCUT2D eigenvalue weighted by Crippen LogP contribution is 2.25. The molecular formula is C11H15F4N3O2. The topological polar surface area (TPSA) is 69.4 Å². The van der Waals surface area contributed by atoms with Crippen molar-refractivity contribution in [2.45, 2.75) is 18.4 Å². The zero-order chi connectivity index (χ0) is 15.2. The Balaban J connectivity index is 2.64. The molecule has 0 fully saturated rings. The molecule has 0 bridgehead atoms. The summed E-state index contributed by atoms with van der Waals surface area (Å²) in [6.07, 6.45) is -2.33. The quantitative estimate of drug-likeness (QED) is 0.432. The van der Waals surface area contributed by atoms with Gasteiger partial charge in [-0.05, 0) is 12.1 Å². The molecular weight excluding hydrogens is 282 g/mol. The van der Waals surface area contributed by atoms with E-state index in [1.807, 2.05) is 0 Å². The molecule has 0 aromatic carbocycles. The highest BCUT2D eigenvalue weighted by Gasteiger charge is 2.41. The number of rotatable bonds is 8. The summed E-state index contributed by atoms with van der Waals surface area (Å²) in [6.45, 7) is -1.76. The van der Waals surface area contributed by atoms with E-state index in [0.29, 0.717) is 11.4 Å². The average molecular weight is 297 g/mol. The third kappa shape index (κ3) is 4.29. The smallest absolute Gasteiger partial charge is 0.330 e. The summed E-state index contributed by atoms with van der Waals surface area (Å²) in [7, 11) is 1.40. The lowest BCUT2D eigenvalue weighted by molar-refractivity contribution is -0.167. The van der Waals surface area contributed by atoms with Crippen molar-refractivity contribution in [2.75, 3.05) is 20.3 Å². The number of halogens is 4. The molecule has 114 valence electrons. The lowest BCUT2D eigenvalue weighted by Crippen LogP contribution is -2.36. The molecule has 3 N–H and O–H groups in total. The van der Waals surface area contributed by atoms with Gasteiger partial charge in [-0.25, -0.2) is 14.2 Å². The van der Waals surface area contributed by atoms with Crippen molar-refractivity contribution < 1.29 is 27.0 Å². The molecule has 0 spiro atoms. The number of nitrogens with two attached hydrogens (primary N) is 1. The normalized spacial score (nSPS) is 13.6. The van der Waals surface area contributed by atoms with Crippen LogP contribution in [-0.2, 0) is 4.74 Å². The predicted octanol–water partition coefficient (Wildman–Crippen LogP) is 1.51. The Morgan fingerprint density at radius 2 is 2.15 bits per heavy atom. The fraction of sp³-hybridized carbons (Fsp3) is 0.545. The van der Waals surface area contributed by atoms with Crippen LogP contribution in [0.5, 0.6) is 5.75 Å². The molecule has 0 aliphatic rings. The van der Waals surface area contributed by atoms with Crippen molar-refractivity contribution >= 4 is 0 Å². The van der Waals surface area contributed by atoms with Gasteiger partial charge in [0.1, 0.15) is 18.1 Å². The lowest BCUT2D eigenvalue weighted by Gasteiger charge is -2.20. The van der Waals surface area contributed by atoms with Crippen LogP contribution < -0.4 is 16.0 Å². The second-order valence-electron chi connectivity index (χ2n) is 3.89. The predicted molar refractivity (Wildman–Crippen MR) is 62.6 cm³/mol. The van der Waals surface area contributed by atoms with Crippen LogP contribution in [-0.4, -0.2) is 37.7 Å². The number of aromatic nitrogens is 1. The minimum Gasteiger partial charge on any atom is -0.495 e. The van der Waals surface area contributed by atoms with Crippen molar-refractivity contribution in [3.8, 4) is 5.75 Å². The van der Waals surface area contributed by atoms with Gasteiger partial charge in [-0.2, -0.15) is 8.78 Å². The van der Waals surface area contributed by atoms with Gasteiger partial charge in [0.05, 0.1) is 19.8 Å². The Morgan fingerprint density at radius 3 is 2.70 bits per heavy atom. The second-order valence-corrected chi connectivity index (χ2v) is 3.89. The van der Waals surface area contributed by atoms with Crippen LogP contribution in [0.3, 0.4) is 0 Å². The standard InChI is InChI=1S/C11H15F4N3O2/c1-19-8-3-2-4-17-9(8)7(18-16)5-20-6-11(14,15)10(12)13/h2-4,7,10,18H,5-6,16H2,1H3. The Labute approximate surface area is 113 Å². The molecule has 0 aliphatic carbocycles. The number of pyridine rings is 1. The van der Waals surface area contributed by atoms with Gasteiger partial charge in [0, 0.05) is 6.20 Å². The van der Waals surface area contributed by atoms with Crippen molar-refractivity contribution in [3.05, 3.63) is 24.0 Å². The molecule has 0 saturated heterocycles. The number of nitrogens with zero attached hydrogens (tertiary/aromatic N) is 1. The Hall–Kier alpha value is -1.45. The fourth-order valence-electron chi connectivity index (χ4n) is 1.42. The van der Waals surface area contributed by atoms with E-state index in [2.05, 4.69) is 15.1 Å². The van der Waals surface area contributed by atoms with E-state index in [1.165, 1.54) is 13.3 Å². The molecule has 9 heteroatoms. The minimum absolute atomic E-state index is 0.331. The van der Waals surface area contributed by atoms with Gasteiger partial charge in [0.15, 0.2) is 0 Å². The molecule has 5 nitrogen and oxygen atoms in total. The van der Waals surface area contributed by atoms with Gasteiger partial charge in [-0.15, -0.1) is 0 Å². The molecule has 0 aliphatic heterocycles. The molecule has 1 unspecified atom stereocenters. The number of alkyl halides is 4. The number of ether oxygens (including phenoxy) is 2. The highest BCUT2D eigenvalue weighted by atomic mass is 19.3. The van der Waals surface area contributed by atoms with E-state index in [-0.39, 0.29) is 6.61 Å². The van der Waals surface area contributed by atoms with Crippen molar-refractivity contribution in [1.82, 2.24) is 10.4 Å². The Kier molecular flexibility index (Phi) is 6.11. The zero-order valence-corrected chi connectivity index (χ0v) is 10.7. The van der Waals surface area contributed by atoms with Gasteiger partial charge >= 0.3 is 12.3 Å². The molecule has 1 rings (SSSR count). The first-order valence-corrected chi connectivity index (χ1v) is 5.61. The van der Waals surface area contributed by atoms with Crippen LogP contribution in [0.15, 0.2) is 18.3 Å². The lowest BCUT2D eigenvalue weighted by atomic mass is 10.2. The van der Waals surface area contributed by atoms with Crippen LogP contribution in [0, 0.1) is 0 Å². The second kappa shape index (κ2) is 7.36. The number of hydrogen-bond donors (Lipinski definition) is 2. The van der Waals surface area contributed by atoms with Crippen LogP contribution in [0.25, 0.3) is 0 Å². The largest absolute Gasteiger partial charge is 0.495 e. The van der Waals surface area contributed by atoms with E-state index in [4.69, 9.17) is 10.6 Å². The molecule has 1 aromatic heterocycles. The van der Waals surface area contributed by atoms with E-state index in [9.17, 15) is 17.6 Å². The van der Waals surface area contributed by atoms with Crippen molar-refractivity contribution in [2.24, 2.45) is 5.84 Å². The van der Waals surface area contributed by atoms with Gasteiger partial charge in [0.25, 0.3) is 0 Å². The summed E-state index contributed by atoms with van der Waals surface area (Å²) in [5.74, 6) is 1.45. The number of hydrogen-bond acceptors (Lipinski definition) is 5. The molecule has 1 aromatic rings. The minimum atomic E-state index is -4.20. The molecule has 0 saturated carbocycles. The van der Waals surface area contributed by atoms with E-state index in [1.54, 1.807) is 12.1 Å². The maximum absolute atomic E-state index is 12.7. The Morgan fingerprint density at radius 1 is 1.45 bits per heavy atom. The first kappa shape index (κ1) is 16.6. The third-order valence-electron chi connectivity index (χ3n) is 2.45. The molecule has 20 heavy (non-hydrogen) atoms. The summed E-state index contributed by atoms with van der Waals surface area (Å²) < 4.78 is 58.9. The van der Waals surface area contributed by atoms with Crippen molar-refractivity contribution in [1.29, 1.82) is 0 Å². The first-order valence-electron chi connectivity index (χ1n) is 5.61. The SMILES string of the molecule is COc1cccnc1C(COCC(F)(F)C(F)F)NN. The van der Waals surface area contributed by atoms with Crippen LogP contribution >= 0.6 is 0 Å². The summed E-state index contributed by atoms with van der Waals surface area (Å²) in [5, 5.41) is 0. The molecule has 0 radical (unpaired) electrons. The zero-order valence-electron chi connectivity index (χ0n) is 10.7. The van der Waals surface area contributed by atoms with E-state index >= 15 is 0 Å². The first-order chi connectivity index (χ1) is 9.42. The fourth-order valence-corrected chi connectivity index (χ4v) is 1.42. The molecule has 0 amide bonds. The summed E-state index contributed by atoms with van der Waals surface area (Å²) >= 11 is 0. The van der Waals surface area contributed by atoms with Gasteiger partial charge in [-0.3, -0.25) is 10.8 Å². The van der Waals surface area contributed by atoms with Gasteiger partial charge < -0.3 is 9.47 Å².